The molecule has 0 unspecified atom stereocenters. The molecule has 1 saturated heterocycles. The molecule has 3 aromatic heterocycles. The highest BCUT2D eigenvalue weighted by Crippen LogP contribution is 2.40. The van der Waals surface area contributed by atoms with Gasteiger partial charge in [0.25, 0.3) is 5.56 Å². The Morgan fingerprint density at radius 1 is 1.11 bits per heavy atom. The van der Waals surface area contributed by atoms with E-state index in [9.17, 15) is 9.90 Å². The lowest BCUT2D eigenvalue weighted by molar-refractivity contribution is 0.107. The number of likely N-dealkylation sites (tertiary alicyclic amines) is 1. The summed E-state index contributed by atoms with van der Waals surface area (Å²) in [5.74, 6) is 2.24. The Kier molecular flexibility index (Phi) is 4.37. The number of fused-ring (bicyclic) bond motifs is 4. The molecule has 2 aliphatic heterocycles. The number of aliphatic hydroxyl groups excluding tert-OH is 1. The monoisotopic (exact) mass is 377 g/mol. The van der Waals surface area contributed by atoms with E-state index in [1.807, 2.05) is 35.0 Å². The van der Waals surface area contributed by atoms with E-state index >= 15 is 0 Å². The minimum absolute atomic E-state index is 0.0734. The number of hydrogen-bond donors (Lipinski definition) is 1. The van der Waals surface area contributed by atoms with E-state index in [-0.39, 0.29) is 12.2 Å². The van der Waals surface area contributed by atoms with Crippen molar-refractivity contribution < 1.29 is 9.52 Å². The van der Waals surface area contributed by atoms with Crippen LogP contribution in [0.15, 0.2) is 58.0 Å². The number of piperidine rings is 1. The van der Waals surface area contributed by atoms with E-state index in [1.165, 1.54) is 0 Å². The van der Waals surface area contributed by atoms with Gasteiger partial charge in [-0.2, -0.15) is 0 Å². The van der Waals surface area contributed by atoms with Crippen LogP contribution in [0.5, 0.6) is 0 Å². The number of aliphatic hydroxyl groups is 1. The molecular weight excluding hydrogens is 354 g/mol. The number of pyridine rings is 2. The van der Waals surface area contributed by atoms with Gasteiger partial charge in [-0.15, -0.1) is 0 Å². The molecule has 2 aliphatic rings. The Bertz CT molecular complexity index is 1040. The summed E-state index contributed by atoms with van der Waals surface area (Å²) in [6.45, 7) is 3.26. The molecule has 6 nitrogen and oxygen atoms in total. The zero-order valence-corrected chi connectivity index (χ0v) is 15.6. The van der Waals surface area contributed by atoms with Crippen molar-refractivity contribution in [1.29, 1.82) is 0 Å². The summed E-state index contributed by atoms with van der Waals surface area (Å²) in [4.78, 5) is 19.3. The standard InChI is InChI=1S/C22H23N3O3/c26-14-19-4-3-18(28-19)13-24-10-15-8-17(12-24)22-20(16-2-1-7-23-9-16)5-6-21(27)25(22)11-15/h1-7,9,15,17,26H,8,10-14H2/t15-,17-/m0/s1. The van der Waals surface area contributed by atoms with Gasteiger partial charge in [0.05, 0.1) is 6.54 Å². The molecule has 28 heavy (non-hydrogen) atoms. The maximum atomic E-state index is 12.6. The fraction of sp³-hybridized carbons (Fsp3) is 0.364. The lowest BCUT2D eigenvalue weighted by atomic mass is 9.80. The van der Waals surface area contributed by atoms with Crippen molar-refractivity contribution in [3.63, 3.8) is 0 Å². The van der Waals surface area contributed by atoms with Crippen LogP contribution in [0.3, 0.4) is 0 Å². The second-order valence-electron chi connectivity index (χ2n) is 7.84. The van der Waals surface area contributed by atoms with Crippen molar-refractivity contribution in [2.24, 2.45) is 5.92 Å². The molecule has 2 bridgehead atoms. The molecule has 3 aromatic rings. The van der Waals surface area contributed by atoms with Gasteiger partial charge in [-0.1, -0.05) is 6.07 Å². The molecule has 0 aliphatic carbocycles. The molecule has 0 amide bonds. The average Bonchev–Trinajstić information content (AvgIpc) is 3.17. The third kappa shape index (κ3) is 3.08. The van der Waals surface area contributed by atoms with E-state index in [4.69, 9.17) is 4.42 Å². The maximum Gasteiger partial charge on any atom is 0.250 e. The summed E-state index contributed by atoms with van der Waals surface area (Å²) in [6, 6.07) is 11.4. The van der Waals surface area contributed by atoms with Gasteiger partial charge in [0.1, 0.15) is 18.1 Å². The largest absolute Gasteiger partial charge is 0.462 e. The number of aromatic nitrogens is 2. The smallest absolute Gasteiger partial charge is 0.250 e. The Morgan fingerprint density at radius 2 is 2.00 bits per heavy atom. The summed E-state index contributed by atoms with van der Waals surface area (Å²) in [7, 11) is 0. The Labute approximate surface area is 163 Å². The van der Waals surface area contributed by atoms with Gasteiger partial charge in [0, 0.05) is 60.8 Å². The van der Waals surface area contributed by atoms with E-state index in [2.05, 4.69) is 16.0 Å². The van der Waals surface area contributed by atoms with Crippen LogP contribution in [0.1, 0.15) is 29.6 Å². The van der Waals surface area contributed by atoms with Crippen LogP contribution in [-0.4, -0.2) is 32.6 Å². The van der Waals surface area contributed by atoms with Crippen LogP contribution in [0.4, 0.5) is 0 Å². The fourth-order valence-corrected chi connectivity index (χ4v) is 4.82. The van der Waals surface area contributed by atoms with Gasteiger partial charge in [0.15, 0.2) is 0 Å². The van der Waals surface area contributed by atoms with Crippen molar-refractivity contribution in [2.45, 2.75) is 32.0 Å². The Hall–Kier alpha value is -2.70. The summed E-state index contributed by atoms with van der Waals surface area (Å²) < 4.78 is 7.67. The molecule has 144 valence electrons. The van der Waals surface area contributed by atoms with Crippen LogP contribution < -0.4 is 5.56 Å². The maximum absolute atomic E-state index is 12.6. The first kappa shape index (κ1) is 17.4. The van der Waals surface area contributed by atoms with E-state index in [1.54, 1.807) is 12.3 Å². The van der Waals surface area contributed by atoms with E-state index in [0.29, 0.717) is 17.6 Å². The topological polar surface area (TPSA) is 71.5 Å². The molecule has 5 rings (SSSR count). The molecule has 1 N–H and O–H groups in total. The summed E-state index contributed by atoms with van der Waals surface area (Å²) in [5.41, 5.74) is 3.39. The zero-order chi connectivity index (χ0) is 19.1. The van der Waals surface area contributed by atoms with Crippen molar-refractivity contribution in [1.82, 2.24) is 14.5 Å². The van der Waals surface area contributed by atoms with Gasteiger partial charge in [-0.25, -0.2) is 0 Å². The number of hydrogen-bond acceptors (Lipinski definition) is 5. The molecule has 6 heteroatoms. The Morgan fingerprint density at radius 3 is 2.79 bits per heavy atom. The van der Waals surface area contributed by atoms with Gasteiger partial charge < -0.3 is 14.1 Å². The second kappa shape index (κ2) is 7.04. The van der Waals surface area contributed by atoms with Crippen LogP contribution >= 0.6 is 0 Å². The average molecular weight is 377 g/mol. The SMILES string of the molecule is O=c1ccc(-c2cccnc2)c2n1C[C@H]1C[C@H]2CN(Cc2ccc(CO)o2)C1. The summed E-state index contributed by atoms with van der Waals surface area (Å²) >= 11 is 0. The van der Waals surface area contributed by atoms with Crippen LogP contribution in [0.25, 0.3) is 11.1 Å². The van der Waals surface area contributed by atoms with Crippen molar-refractivity contribution in [2.75, 3.05) is 13.1 Å². The van der Waals surface area contributed by atoms with Gasteiger partial charge in [0.2, 0.25) is 0 Å². The highest BCUT2D eigenvalue weighted by Gasteiger charge is 2.36. The van der Waals surface area contributed by atoms with Crippen LogP contribution in [0, 0.1) is 5.92 Å². The van der Waals surface area contributed by atoms with Crippen molar-refractivity contribution >= 4 is 0 Å². The molecule has 1 fully saturated rings. The third-order valence-corrected chi connectivity index (χ3v) is 5.89. The molecule has 2 atom stereocenters. The molecule has 0 spiro atoms. The van der Waals surface area contributed by atoms with Crippen molar-refractivity contribution in [3.8, 4) is 11.1 Å². The minimum atomic E-state index is -0.0734. The first-order valence-corrected chi connectivity index (χ1v) is 9.76. The molecule has 5 heterocycles. The fourth-order valence-electron chi connectivity index (χ4n) is 4.82. The minimum Gasteiger partial charge on any atom is -0.462 e. The van der Waals surface area contributed by atoms with Gasteiger partial charge >= 0.3 is 0 Å². The first-order valence-electron chi connectivity index (χ1n) is 9.76. The lowest BCUT2D eigenvalue weighted by Gasteiger charge is -2.43. The number of rotatable bonds is 4. The van der Waals surface area contributed by atoms with Crippen molar-refractivity contribution in [3.05, 3.63) is 76.4 Å². The van der Waals surface area contributed by atoms with E-state index in [0.717, 1.165) is 55.2 Å². The predicted molar refractivity (Wildman–Crippen MR) is 105 cm³/mol. The first-order chi connectivity index (χ1) is 13.7. The number of nitrogens with zero attached hydrogens (tertiary/aromatic N) is 3. The van der Waals surface area contributed by atoms with Crippen LogP contribution in [0.2, 0.25) is 0 Å². The molecule has 0 radical (unpaired) electrons. The Balaban J connectivity index is 1.48. The quantitative estimate of drug-likeness (QED) is 0.757. The predicted octanol–water partition coefficient (Wildman–Crippen LogP) is 2.61. The number of furan rings is 1. The van der Waals surface area contributed by atoms with E-state index < -0.39 is 0 Å². The summed E-state index contributed by atoms with van der Waals surface area (Å²) in [6.07, 6.45) is 4.74. The van der Waals surface area contributed by atoms with Crippen LogP contribution in [-0.2, 0) is 19.7 Å². The molecule has 0 aromatic carbocycles. The lowest BCUT2D eigenvalue weighted by Crippen LogP contribution is -2.46. The zero-order valence-electron chi connectivity index (χ0n) is 15.6. The third-order valence-electron chi connectivity index (χ3n) is 5.89. The van der Waals surface area contributed by atoms with Gasteiger partial charge in [-0.3, -0.25) is 14.7 Å². The highest BCUT2D eigenvalue weighted by molar-refractivity contribution is 5.66. The molecule has 0 saturated carbocycles. The van der Waals surface area contributed by atoms with Gasteiger partial charge in [-0.05, 0) is 36.6 Å². The molecular formula is C22H23N3O3. The highest BCUT2D eigenvalue weighted by atomic mass is 16.4. The second-order valence-corrected chi connectivity index (χ2v) is 7.84. The summed E-state index contributed by atoms with van der Waals surface area (Å²) in [5, 5.41) is 9.22. The normalized spacial score (nSPS) is 21.5.